The average molecular weight is 347 g/mol. The Kier molecular flexibility index (Phi) is 3.32. The number of rotatable bonds is 6. The maximum absolute atomic E-state index is 6.51. The predicted octanol–water partition coefficient (Wildman–Crippen LogP) is -1.45. The monoisotopic (exact) mass is 345 g/mol. The molecule has 3 aliphatic carbocycles. The van der Waals surface area contributed by atoms with Crippen molar-refractivity contribution in [1.29, 1.82) is 0 Å². The molecule has 3 fully saturated rings. The SMILES string of the molecule is N[C](N)(C1CC1)[Zr]([C](N)(N)C1CC1)[C](N)(N)C1CC1. The van der Waals surface area contributed by atoms with Gasteiger partial charge in [-0.3, -0.25) is 0 Å². The van der Waals surface area contributed by atoms with E-state index < -0.39 is 31.9 Å². The molecular weight excluding hydrogens is 319 g/mol. The molecule has 0 aliphatic heterocycles. The van der Waals surface area contributed by atoms with Gasteiger partial charge >= 0.3 is 123 Å². The van der Waals surface area contributed by atoms with Crippen LogP contribution in [0.1, 0.15) is 38.5 Å². The molecule has 3 rings (SSSR count). The van der Waals surface area contributed by atoms with E-state index in [2.05, 4.69) is 0 Å². The number of hydrogen-bond acceptors (Lipinski definition) is 6. The molecule has 0 amide bonds. The summed E-state index contributed by atoms with van der Waals surface area (Å²) in [5.41, 5.74) is 39.1. The molecule has 7 heteroatoms. The molecule has 0 heterocycles. The molecule has 109 valence electrons. The van der Waals surface area contributed by atoms with Crippen molar-refractivity contribution in [2.45, 2.75) is 48.6 Å². The summed E-state index contributed by atoms with van der Waals surface area (Å²) < 4.78 is -2.29. The molecule has 0 atom stereocenters. The first-order valence-electron chi connectivity index (χ1n) is 7.30. The van der Waals surface area contributed by atoms with Crippen LogP contribution in [0.5, 0.6) is 0 Å². The second-order valence-electron chi connectivity index (χ2n) is 7.00. The van der Waals surface area contributed by atoms with Crippen molar-refractivity contribution >= 4 is 0 Å². The van der Waals surface area contributed by atoms with Crippen LogP contribution in [0.4, 0.5) is 0 Å². The normalized spacial score (nSPS) is 25.6. The topological polar surface area (TPSA) is 156 Å². The second kappa shape index (κ2) is 4.32. The molecule has 0 aromatic rings. The summed E-state index contributed by atoms with van der Waals surface area (Å²) in [6, 6.07) is 0. The molecule has 19 heavy (non-hydrogen) atoms. The summed E-state index contributed by atoms with van der Waals surface area (Å²) in [7, 11) is 0. The summed E-state index contributed by atoms with van der Waals surface area (Å²) in [6.07, 6.45) is 6.41. The Morgan fingerprint density at radius 3 is 0.895 bits per heavy atom. The van der Waals surface area contributed by atoms with Crippen molar-refractivity contribution in [2.75, 3.05) is 0 Å². The van der Waals surface area contributed by atoms with Gasteiger partial charge in [0.05, 0.1) is 0 Å². The molecule has 0 aromatic carbocycles. The van der Waals surface area contributed by atoms with Crippen LogP contribution in [-0.4, -0.2) is 10.1 Å². The fraction of sp³-hybridized carbons (Fsp3) is 1.00. The molecule has 3 aliphatic rings. The van der Waals surface area contributed by atoms with Crippen molar-refractivity contribution in [3.63, 3.8) is 0 Å². The van der Waals surface area contributed by atoms with Gasteiger partial charge in [0.15, 0.2) is 0 Å². The van der Waals surface area contributed by atoms with Gasteiger partial charge in [0, 0.05) is 0 Å². The Labute approximate surface area is 122 Å². The fourth-order valence-electron chi connectivity index (χ4n) is 3.42. The molecular formula is C12H27N6Zr. The van der Waals surface area contributed by atoms with Gasteiger partial charge < -0.3 is 0 Å². The standard InChI is InChI=1S/3C4H9N2.Zr/c3*5-4(6)3-1-2-3;/h3*3H,1-2,5-6H2;. The molecule has 0 aromatic heterocycles. The van der Waals surface area contributed by atoms with Crippen LogP contribution in [0.15, 0.2) is 0 Å². The number of nitrogens with two attached hydrogens (primary N) is 6. The first-order chi connectivity index (χ1) is 8.68. The fourth-order valence-corrected chi connectivity index (χ4v) is 14.1. The van der Waals surface area contributed by atoms with E-state index in [1.807, 2.05) is 0 Å². The zero-order chi connectivity index (χ0) is 14.1. The van der Waals surface area contributed by atoms with Gasteiger partial charge in [-0.15, -0.1) is 0 Å². The molecule has 0 spiro atoms. The van der Waals surface area contributed by atoms with Crippen molar-refractivity contribution in [3.8, 4) is 0 Å². The minimum absolute atomic E-state index is 0.331. The molecule has 0 unspecified atom stereocenters. The van der Waals surface area contributed by atoms with Gasteiger partial charge in [-0.1, -0.05) is 0 Å². The van der Waals surface area contributed by atoms with Crippen LogP contribution >= 0.6 is 0 Å². The first kappa shape index (κ1) is 14.6. The van der Waals surface area contributed by atoms with Gasteiger partial charge in [0.2, 0.25) is 0 Å². The average Bonchev–Trinajstić information content (AvgIpc) is 3.18. The van der Waals surface area contributed by atoms with Crippen LogP contribution in [0, 0.1) is 17.8 Å². The van der Waals surface area contributed by atoms with E-state index in [1.54, 1.807) is 0 Å². The second-order valence-corrected chi connectivity index (χ2v) is 15.2. The zero-order valence-electron chi connectivity index (χ0n) is 11.4. The molecule has 12 N–H and O–H groups in total. The molecule has 0 saturated heterocycles. The Morgan fingerprint density at radius 1 is 0.526 bits per heavy atom. The molecule has 0 radical (unpaired) electrons. The third-order valence-corrected chi connectivity index (χ3v) is 14.5. The van der Waals surface area contributed by atoms with Crippen LogP contribution in [0.25, 0.3) is 0 Å². The van der Waals surface area contributed by atoms with E-state index in [-0.39, 0.29) is 0 Å². The minimum atomic E-state index is -2.90. The van der Waals surface area contributed by atoms with Gasteiger partial charge in [-0.05, 0) is 0 Å². The van der Waals surface area contributed by atoms with E-state index in [0.717, 1.165) is 38.5 Å². The van der Waals surface area contributed by atoms with Crippen molar-refractivity contribution in [1.82, 2.24) is 0 Å². The van der Waals surface area contributed by atoms with E-state index in [9.17, 15) is 0 Å². The van der Waals surface area contributed by atoms with E-state index >= 15 is 0 Å². The van der Waals surface area contributed by atoms with Gasteiger partial charge in [-0.25, -0.2) is 0 Å². The van der Waals surface area contributed by atoms with Crippen molar-refractivity contribution in [2.24, 2.45) is 52.2 Å². The summed E-state index contributed by atoms with van der Waals surface area (Å²) in [4.78, 5) is 0. The molecule has 6 nitrogen and oxygen atoms in total. The van der Waals surface area contributed by atoms with E-state index in [4.69, 9.17) is 34.4 Å². The summed E-state index contributed by atoms with van der Waals surface area (Å²) in [5.74, 6) is 0.993. The molecule has 0 bridgehead atoms. The van der Waals surface area contributed by atoms with Crippen molar-refractivity contribution in [3.05, 3.63) is 0 Å². The van der Waals surface area contributed by atoms with Crippen LogP contribution in [0.3, 0.4) is 0 Å². The van der Waals surface area contributed by atoms with Crippen LogP contribution < -0.4 is 34.4 Å². The third kappa shape index (κ3) is 2.48. The quantitative estimate of drug-likeness (QED) is 0.323. The van der Waals surface area contributed by atoms with E-state index in [0.29, 0.717) is 17.8 Å². The Hall–Kier alpha value is 0.643. The van der Waals surface area contributed by atoms with Gasteiger partial charge in [0.1, 0.15) is 0 Å². The van der Waals surface area contributed by atoms with Crippen molar-refractivity contribution < 1.29 is 21.8 Å². The molecule has 3 saturated carbocycles. The Bertz CT molecular complexity index is 313. The predicted molar refractivity (Wildman–Crippen MR) is 71.5 cm³/mol. The summed E-state index contributed by atoms with van der Waals surface area (Å²) in [6.45, 7) is 0. The first-order valence-corrected chi connectivity index (χ1v) is 11.0. The van der Waals surface area contributed by atoms with Gasteiger partial charge in [-0.2, -0.15) is 0 Å². The number of hydrogen-bond donors (Lipinski definition) is 6. The maximum atomic E-state index is 6.51. The van der Waals surface area contributed by atoms with Gasteiger partial charge in [0.25, 0.3) is 0 Å². The van der Waals surface area contributed by atoms with Crippen LogP contribution in [0.2, 0.25) is 0 Å². The Balaban J connectivity index is 1.94. The summed E-state index contributed by atoms with van der Waals surface area (Å²) >= 11 is -2.90. The Morgan fingerprint density at radius 2 is 0.737 bits per heavy atom. The van der Waals surface area contributed by atoms with E-state index in [1.165, 1.54) is 0 Å². The summed E-state index contributed by atoms with van der Waals surface area (Å²) in [5, 5.41) is 0. The third-order valence-electron chi connectivity index (χ3n) is 5.06. The van der Waals surface area contributed by atoms with Crippen LogP contribution in [-0.2, 0) is 21.8 Å². The zero-order valence-corrected chi connectivity index (χ0v) is 13.9.